The number of carboxylic acids is 1. The molecule has 0 unspecified atom stereocenters. The predicted molar refractivity (Wildman–Crippen MR) is 72.1 cm³/mol. The lowest BCUT2D eigenvalue weighted by Gasteiger charge is -2.09. The highest BCUT2D eigenvalue weighted by molar-refractivity contribution is 5.92. The van der Waals surface area contributed by atoms with E-state index in [-0.39, 0.29) is 11.4 Å². The number of hydrogen-bond acceptors (Lipinski definition) is 5. The number of carboxylic acid groups (broad SMARTS) is 1. The molecule has 0 saturated heterocycles. The van der Waals surface area contributed by atoms with Gasteiger partial charge in [-0.1, -0.05) is 12.1 Å². The topological polar surface area (TPSA) is 104 Å². The first-order chi connectivity index (χ1) is 9.60. The number of H-pyrrole nitrogens is 1. The number of rotatable bonds is 5. The van der Waals surface area contributed by atoms with E-state index in [0.717, 1.165) is 17.5 Å². The Hall–Kier alpha value is -2.83. The number of ether oxygens (including phenoxy) is 1. The highest BCUT2D eigenvalue weighted by Gasteiger charge is 2.11. The van der Waals surface area contributed by atoms with Gasteiger partial charge in [0.25, 0.3) is 0 Å². The maximum Gasteiger partial charge on any atom is 0.346 e. The van der Waals surface area contributed by atoms with Gasteiger partial charge in [0, 0.05) is 6.54 Å². The van der Waals surface area contributed by atoms with Crippen molar-refractivity contribution in [1.29, 1.82) is 0 Å². The minimum Gasteiger partial charge on any atom is -0.497 e. The van der Waals surface area contributed by atoms with E-state index in [9.17, 15) is 9.59 Å². The SMILES string of the molecule is COc1ccc(CNc2[nH]c(=O)ncc2C(=O)O)cc1. The van der Waals surface area contributed by atoms with Gasteiger partial charge in [0.2, 0.25) is 0 Å². The van der Waals surface area contributed by atoms with Gasteiger partial charge in [-0.3, -0.25) is 4.98 Å². The Morgan fingerprint density at radius 3 is 2.70 bits per heavy atom. The Labute approximate surface area is 114 Å². The fourth-order valence-electron chi connectivity index (χ4n) is 1.63. The summed E-state index contributed by atoms with van der Waals surface area (Å²) in [7, 11) is 1.58. The summed E-state index contributed by atoms with van der Waals surface area (Å²) < 4.78 is 5.04. The van der Waals surface area contributed by atoms with Crippen LogP contribution in [0.2, 0.25) is 0 Å². The fourth-order valence-corrected chi connectivity index (χ4v) is 1.63. The molecule has 0 bridgehead atoms. The standard InChI is InChI=1S/C13H13N3O4/c1-20-9-4-2-8(3-5-9)6-14-11-10(12(17)18)7-15-13(19)16-11/h2-5,7H,6H2,1H3,(H,17,18)(H2,14,15,16,19). The van der Waals surface area contributed by atoms with E-state index in [1.165, 1.54) is 0 Å². The van der Waals surface area contributed by atoms with Crippen molar-refractivity contribution in [2.45, 2.75) is 6.54 Å². The van der Waals surface area contributed by atoms with Crippen molar-refractivity contribution in [2.75, 3.05) is 12.4 Å². The molecule has 0 radical (unpaired) electrons. The van der Waals surface area contributed by atoms with Crippen molar-refractivity contribution in [3.63, 3.8) is 0 Å². The second-order valence-electron chi connectivity index (χ2n) is 3.98. The monoisotopic (exact) mass is 275 g/mol. The maximum atomic E-state index is 11.1. The van der Waals surface area contributed by atoms with Crippen molar-refractivity contribution in [3.05, 3.63) is 52.1 Å². The van der Waals surface area contributed by atoms with E-state index in [1.807, 2.05) is 12.1 Å². The first-order valence-corrected chi connectivity index (χ1v) is 5.79. The van der Waals surface area contributed by atoms with Crippen LogP contribution in [0, 0.1) is 0 Å². The van der Waals surface area contributed by atoms with Crippen LogP contribution in [0.3, 0.4) is 0 Å². The first-order valence-electron chi connectivity index (χ1n) is 5.79. The molecule has 104 valence electrons. The molecule has 1 aromatic carbocycles. The molecule has 20 heavy (non-hydrogen) atoms. The maximum absolute atomic E-state index is 11.1. The molecule has 0 amide bonds. The molecule has 0 aliphatic heterocycles. The normalized spacial score (nSPS) is 10.1. The van der Waals surface area contributed by atoms with Crippen molar-refractivity contribution in [1.82, 2.24) is 9.97 Å². The molecule has 7 nitrogen and oxygen atoms in total. The fraction of sp³-hybridized carbons (Fsp3) is 0.154. The Kier molecular flexibility index (Phi) is 3.99. The molecule has 1 heterocycles. The van der Waals surface area contributed by atoms with Gasteiger partial charge in [0.05, 0.1) is 13.3 Å². The number of hydrogen-bond donors (Lipinski definition) is 3. The lowest BCUT2D eigenvalue weighted by Crippen LogP contribution is -2.17. The van der Waals surface area contributed by atoms with Crippen LogP contribution in [-0.4, -0.2) is 28.2 Å². The number of nitrogens with one attached hydrogen (secondary N) is 2. The Morgan fingerprint density at radius 2 is 2.10 bits per heavy atom. The average Bonchev–Trinajstić information content (AvgIpc) is 2.45. The van der Waals surface area contributed by atoms with Crippen LogP contribution in [0.1, 0.15) is 15.9 Å². The average molecular weight is 275 g/mol. The Balaban J connectivity index is 2.15. The second-order valence-corrected chi connectivity index (χ2v) is 3.98. The number of nitrogens with zero attached hydrogens (tertiary/aromatic N) is 1. The highest BCUT2D eigenvalue weighted by atomic mass is 16.5. The lowest BCUT2D eigenvalue weighted by atomic mass is 10.2. The van der Waals surface area contributed by atoms with E-state index in [1.54, 1.807) is 19.2 Å². The van der Waals surface area contributed by atoms with Crippen molar-refractivity contribution >= 4 is 11.8 Å². The van der Waals surface area contributed by atoms with Gasteiger partial charge in [0.15, 0.2) is 0 Å². The van der Waals surface area contributed by atoms with E-state index >= 15 is 0 Å². The number of benzene rings is 1. The minimum atomic E-state index is -1.16. The largest absolute Gasteiger partial charge is 0.497 e. The summed E-state index contributed by atoms with van der Waals surface area (Å²) in [4.78, 5) is 27.9. The molecular formula is C13H13N3O4. The molecule has 0 atom stereocenters. The molecule has 1 aromatic heterocycles. The summed E-state index contributed by atoms with van der Waals surface area (Å²) in [6.45, 7) is 0.365. The predicted octanol–water partition coefficient (Wildman–Crippen LogP) is 1.09. The zero-order valence-electron chi connectivity index (χ0n) is 10.7. The summed E-state index contributed by atoms with van der Waals surface area (Å²) in [5.74, 6) is -0.295. The Bertz CT molecular complexity index is 664. The molecule has 0 spiro atoms. The number of aromatic amines is 1. The van der Waals surface area contributed by atoms with Crippen molar-refractivity contribution in [3.8, 4) is 5.75 Å². The zero-order valence-corrected chi connectivity index (χ0v) is 10.7. The van der Waals surface area contributed by atoms with E-state index in [4.69, 9.17) is 9.84 Å². The van der Waals surface area contributed by atoms with Gasteiger partial charge in [-0.2, -0.15) is 0 Å². The summed E-state index contributed by atoms with van der Waals surface area (Å²) in [5.41, 5.74) is 0.227. The highest BCUT2D eigenvalue weighted by Crippen LogP contribution is 2.14. The summed E-state index contributed by atoms with van der Waals surface area (Å²) in [5, 5.41) is 11.9. The van der Waals surface area contributed by atoms with E-state index in [0.29, 0.717) is 6.54 Å². The number of anilines is 1. The number of aromatic carboxylic acids is 1. The van der Waals surface area contributed by atoms with Crippen LogP contribution in [0.15, 0.2) is 35.3 Å². The summed E-state index contributed by atoms with van der Waals surface area (Å²) in [6.07, 6.45) is 1.03. The molecule has 2 aromatic rings. The van der Waals surface area contributed by atoms with Gasteiger partial charge in [0.1, 0.15) is 17.1 Å². The molecule has 0 aliphatic rings. The van der Waals surface area contributed by atoms with Crippen LogP contribution >= 0.6 is 0 Å². The van der Waals surface area contributed by atoms with Gasteiger partial charge >= 0.3 is 11.7 Å². The first kappa shape index (κ1) is 13.6. The van der Waals surface area contributed by atoms with Gasteiger partial charge < -0.3 is 15.2 Å². The third kappa shape index (κ3) is 3.14. The molecule has 0 aliphatic carbocycles. The Morgan fingerprint density at radius 1 is 1.40 bits per heavy atom. The second kappa shape index (κ2) is 5.87. The van der Waals surface area contributed by atoms with Gasteiger partial charge in [-0.05, 0) is 17.7 Å². The van der Waals surface area contributed by atoms with Crippen LogP contribution in [-0.2, 0) is 6.54 Å². The van der Waals surface area contributed by atoms with Crippen molar-refractivity contribution < 1.29 is 14.6 Å². The number of carbonyl (C=O) groups is 1. The van der Waals surface area contributed by atoms with Crippen LogP contribution in [0.4, 0.5) is 5.82 Å². The van der Waals surface area contributed by atoms with E-state index < -0.39 is 11.7 Å². The molecule has 2 rings (SSSR count). The number of methoxy groups -OCH3 is 1. The van der Waals surface area contributed by atoms with Crippen LogP contribution in [0.5, 0.6) is 5.75 Å². The molecule has 0 saturated carbocycles. The molecule has 0 fully saturated rings. The van der Waals surface area contributed by atoms with Crippen molar-refractivity contribution in [2.24, 2.45) is 0 Å². The van der Waals surface area contributed by atoms with E-state index in [2.05, 4.69) is 15.3 Å². The summed E-state index contributed by atoms with van der Waals surface area (Å²) in [6, 6.07) is 7.27. The molecule has 7 heteroatoms. The van der Waals surface area contributed by atoms with Crippen LogP contribution in [0.25, 0.3) is 0 Å². The molecular weight excluding hydrogens is 262 g/mol. The summed E-state index contributed by atoms with van der Waals surface area (Å²) >= 11 is 0. The van der Waals surface area contributed by atoms with Gasteiger partial charge in [-0.15, -0.1) is 0 Å². The third-order valence-corrected chi connectivity index (χ3v) is 2.67. The third-order valence-electron chi connectivity index (χ3n) is 2.67. The van der Waals surface area contributed by atoms with Gasteiger partial charge in [-0.25, -0.2) is 14.6 Å². The zero-order chi connectivity index (χ0) is 14.5. The minimum absolute atomic E-state index is 0.0851. The quantitative estimate of drug-likeness (QED) is 0.754. The molecule has 3 N–H and O–H groups in total. The van der Waals surface area contributed by atoms with Crippen LogP contribution < -0.4 is 15.7 Å². The smallest absolute Gasteiger partial charge is 0.346 e. The number of aromatic nitrogens is 2. The lowest BCUT2D eigenvalue weighted by molar-refractivity contribution is 0.0697.